The lowest BCUT2D eigenvalue weighted by molar-refractivity contribution is 0.126. The van der Waals surface area contributed by atoms with Crippen molar-refractivity contribution in [1.82, 2.24) is 14.7 Å². The molecule has 0 spiro atoms. The second kappa shape index (κ2) is 9.73. The second-order valence-electron chi connectivity index (χ2n) is 4.74. The Labute approximate surface area is 129 Å². The molecule has 1 heterocycles. The lowest BCUT2D eigenvalue weighted by Crippen LogP contribution is -2.26. The molecule has 8 heteroatoms. The van der Waals surface area contributed by atoms with Gasteiger partial charge in [0.25, 0.3) is 5.56 Å². The van der Waals surface area contributed by atoms with Crippen LogP contribution in [0.4, 0.5) is 5.69 Å². The molecule has 0 aliphatic rings. The minimum atomic E-state index is -0.327. The summed E-state index contributed by atoms with van der Waals surface area (Å²) in [5.74, 6) is 0. The van der Waals surface area contributed by atoms with Crippen LogP contribution in [0.25, 0.3) is 0 Å². The van der Waals surface area contributed by atoms with E-state index in [4.69, 9.17) is 21.1 Å². The Hall–Kier alpha value is -1.15. The number of hydrogen-bond donors (Lipinski definition) is 1. The maximum absolute atomic E-state index is 11.9. The van der Waals surface area contributed by atoms with Gasteiger partial charge in [0.1, 0.15) is 5.02 Å². The smallest absolute Gasteiger partial charge is 0.287 e. The zero-order valence-corrected chi connectivity index (χ0v) is 13.5. The summed E-state index contributed by atoms with van der Waals surface area (Å²) in [6, 6.07) is 0. The largest absolute Gasteiger partial charge is 0.383 e. The molecule has 0 unspecified atom stereocenters. The van der Waals surface area contributed by atoms with Crippen LogP contribution in [0.2, 0.25) is 5.02 Å². The van der Waals surface area contributed by atoms with Gasteiger partial charge in [0.2, 0.25) is 0 Å². The molecule has 0 saturated carbocycles. The van der Waals surface area contributed by atoms with Gasteiger partial charge in [0.15, 0.2) is 0 Å². The van der Waals surface area contributed by atoms with Crippen molar-refractivity contribution in [1.29, 1.82) is 0 Å². The van der Waals surface area contributed by atoms with Crippen LogP contribution in [0.3, 0.4) is 0 Å². The van der Waals surface area contributed by atoms with Gasteiger partial charge in [0.05, 0.1) is 38.2 Å². The van der Waals surface area contributed by atoms with Crippen molar-refractivity contribution in [2.45, 2.75) is 6.54 Å². The summed E-state index contributed by atoms with van der Waals surface area (Å²) >= 11 is 6.03. The predicted molar refractivity (Wildman–Crippen MR) is 83.2 cm³/mol. The van der Waals surface area contributed by atoms with Crippen LogP contribution in [-0.2, 0) is 16.0 Å². The van der Waals surface area contributed by atoms with Crippen molar-refractivity contribution in [3.05, 3.63) is 21.6 Å². The number of halogens is 1. The van der Waals surface area contributed by atoms with Crippen LogP contribution in [-0.4, -0.2) is 68.8 Å². The highest BCUT2D eigenvalue weighted by atomic mass is 35.5. The maximum atomic E-state index is 11.9. The average molecular weight is 319 g/mol. The first-order valence-corrected chi connectivity index (χ1v) is 7.15. The zero-order chi connectivity index (χ0) is 15.7. The van der Waals surface area contributed by atoms with Crippen molar-refractivity contribution in [2.24, 2.45) is 0 Å². The molecule has 120 valence electrons. The summed E-state index contributed by atoms with van der Waals surface area (Å²) in [6.45, 7) is 3.43. The number of aromatic nitrogens is 2. The summed E-state index contributed by atoms with van der Waals surface area (Å²) in [5.41, 5.74) is 0.193. The number of likely N-dealkylation sites (N-methyl/N-ethyl adjacent to an activating group) is 1. The minimum absolute atomic E-state index is 0.134. The third kappa shape index (κ3) is 6.43. The molecule has 0 fully saturated rings. The first-order chi connectivity index (χ1) is 10.1. The van der Waals surface area contributed by atoms with Gasteiger partial charge >= 0.3 is 0 Å². The van der Waals surface area contributed by atoms with E-state index in [1.54, 1.807) is 13.3 Å². The normalized spacial score (nSPS) is 11.1. The molecule has 0 saturated heterocycles. The van der Waals surface area contributed by atoms with Gasteiger partial charge in [0, 0.05) is 20.2 Å². The van der Waals surface area contributed by atoms with Crippen LogP contribution in [0.1, 0.15) is 0 Å². The Bertz CT molecular complexity index is 479. The second-order valence-corrected chi connectivity index (χ2v) is 5.11. The fraction of sp³-hybridized carbons (Fsp3) is 0.692. The van der Waals surface area contributed by atoms with E-state index in [0.717, 1.165) is 6.54 Å². The molecule has 0 atom stereocenters. The molecule has 1 rings (SSSR count). The van der Waals surface area contributed by atoms with Gasteiger partial charge in [-0.3, -0.25) is 4.79 Å². The molecule has 0 bridgehead atoms. The first-order valence-electron chi connectivity index (χ1n) is 6.77. The van der Waals surface area contributed by atoms with Crippen molar-refractivity contribution >= 4 is 17.3 Å². The number of nitrogens with zero attached hydrogens (tertiary/aromatic N) is 3. The van der Waals surface area contributed by atoms with Gasteiger partial charge in [-0.2, -0.15) is 5.10 Å². The van der Waals surface area contributed by atoms with Gasteiger partial charge < -0.3 is 19.7 Å². The van der Waals surface area contributed by atoms with Crippen molar-refractivity contribution in [3.63, 3.8) is 0 Å². The Morgan fingerprint density at radius 1 is 1.38 bits per heavy atom. The number of nitrogens with one attached hydrogen (secondary N) is 1. The third-order valence-electron chi connectivity index (χ3n) is 2.74. The van der Waals surface area contributed by atoms with Crippen molar-refractivity contribution in [2.75, 3.05) is 59.4 Å². The number of rotatable bonds is 10. The van der Waals surface area contributed by atoms with Gasteiger partial charge in [-0.15, -0.1) is 0 Å². The van der Waals surface area contributed by atoms with Gasteiger partial charge in [-0.1, -0.05) is 11.6 Å². The van der Waals surface area contributed by atoms with Crippen LogP contribution in [0, 0.1) is 0 Å². The van der Waals surface area contributed by atoms with Crippen LogP contribution in [0.15, 0.2) is 11.0 Å². The molecular formula is C13H23ClN4O3. The van der Waals surface area contributed by atoms with E-state index in [2.05, 4.69) is 10.4 Å². The molecule has 0 aliphatic carbocycles. The molecule has 0 radical (unpaired) electrons. The molecule has 0 amide bonds. The Kier molecular flexibility index (Phi) is 8.29. The highest BCUT2D eigenvalue weighted by Gasteiger charge is 2.08. The van der Waals surface area contributed by atoms with Crippen LogP contribution in [0.5, 0.6) is 0 Å². The zero-order valence-electron chi connectivity index (χ0n) is 12.8. The maximum Gasteiger partial charge on any atom is 0.287 e. The molecule has 1 N–H and O–H groups in total. The third-order valence-corrected chi connectivity index (χ3v) is 3.10. The SMILES string of the molecule is COCCn1ncc(NCCOCCN(C)C)c(Cl)c1=O. The van der Waals surface area contributed by atoms with E-state index in [0.29, 0.717) is 38.6 Å². The number of ether oxygens (including phenoxy) is 2. The van der Waals surface area contributed by atoms with E-state index in [9.17, 15) is 4.79 Å². The van der Waals surface area contributed by atoms with Crippen molar-refractivity contribution < 1.29 is 9.47 Å². The molecule has 21 heavy (non-hydrogen) atoms. The van der Waals surface area contributed by atoms with Crippen LogP contribution < -0.4 is 10.9 Å². The predicted octanol–water partition coefficient (Wildman–Crippen LogP) is 0.533. The molecular weight excluding hydrogens is 296 g/mol. The monoisotopic (exact) mass is 318 g/mol. The highest BCUT2D eigenvalue weighted by molar-refractivity contribution is 6.32. The van der Waals surface area contributed by atoms with Gasteiger partial charge in [-0.05, 0) is 14.1 Å². The summed E-state index contributed by atoms with van der Waals surface area (Å²) in [6.07, 6.45) is 1.54. The highest BCUT2D eigenvalue weighted by Crippen LogP contribution is 2.14. The topological polar surface area (TPSA) is 68.6 Å². The molecule has 1 aromatic rings. The van der Waals surface area contributed by atoms with Gasteiger partial charge in [-0.25, -0.2) is 4.68 Å². The fourth-order valence-electron chi connectivity index (χ4n) is 1.53. The standard InChI is InChI=1S/C13H23ClN4O3/c1-17(2)5-9-21-7-4-15-11-10-16-18(6-8-20-3)13(19)12(11)14/h10,15H,4-9H2,1-3H3. The minimum Gasteiger partial charge on any atom is -0.383 e. The summed E-state index contributed by atoms with van der Waals surface area (Å²) in [5, 5.41) is 7.23. The van der Waals surface area contributed by atoms with E-state index in [1.165, 1.54) is 4.68 Å². The number of hydrogen-bond acceptors (Lipinski definition) is 6. The van der Waals surface area contributed by atoms with E-state index in [-0.39, 0.29) is 10.6 Å². The molecule has 7 nitrogen and oxygen atoms in total. The quantitative estimate of drug-likeness (QED) is 0.635. The van der Waals surface area contributed by atoms with E-state index in [1.807, 2.05) is 19.0 Å². The van der Waals surface area contributed by atoms with E-state index >= 15 is 0 Å². The Balaban J connectivity index is 2.42. The Morgan fingerprint density at radius 2 is 2.14 bits per heavy atom. The number of anilines is 1. The molecule has 0 aliphatic heterocycles. The lowest BCUT2D eigenvalue weighted by atomic mass is 10.4. The first kappa shape index (κ1) is 17.9. The van der Waals surface area contributed by atoms with Crippen LogP contribution >= 0.6 is 11.6 Å². The average Bonchev–Trinajstić information content (AvgIpc) is 2.45. The summed E-state index contributed by atoms with van der Waals surface area (Å²) < 4.78 is 11.6. The summed E-state index contributed by atoms with van der Waals surface area (Å²) in [7, 11) is 5.55. The Morgan fingerprint density at radius 3 is 2.81 bits per heavy atom. The van der Waals surface area contributed by atoms with E-state index < -0.39 is 0 Å². The molecule has 1 aromatic heterocycles. The number of methoxy groups -OCH3 is 1. The summed E-state index contributed by atoms with van der Waals surface area (Å²) in [4.78, 5) is 14.0. The molecule has 0 aromatic carbocycles. The van der Waals surface area contributed by atoms with Crippen molar-refractivity contribution in [3.8, 4) is 0 Å². The lowest BCUT2D eigenvalue weighted by Gasteiger charge is -2.12. The fourth-order valence-corrected chi connectivity index (χ4v) is 1.75.